The molecule has 2 rings (SSSR count). The first-order valence-electron chi connectivity index (χ1n) is 10.4. The van der Waals surface area contributed by atoms with Crippen LogP contribution in [0, 0.1) is 24.6 Å². The van der Waals surface area contributed by atoms with Crippen LogP contribution in [0.1, 0.15) is 50.2 Å². The van der Waals surface area contributed by atoms with E-state index in [1.54, 1.807) is 20.8 Å². The van der Waals surface area contributed by atoms with E-state index in [4.69, 9.17) is 14.2 Å². The SMILES string of the molecule is COc1ccnc(C(=O)C[C@@H](C)C(=O)O[C@@H](C(C)C)[C@H](C)Oc2ccc(F)cc2C)c1O. The number of halogens is 1. The van der Waals surface area contributed by atoms with Crippen molar-refractivity contribution in [3.63, 3.8) is 0 Å². The molecule has 1 aromatic carbocycles. The molecule has 3 atom stereocenters. The lowest BCUT2D eigenvalue weighted by Gasteiger charge is -2.29. The van der Waals surface area contributed by atoms with Crippen LogP contribution < -0.4 is 9.47 Å². The van der Waals surface area contributed by atoms with E-state index >= 15 is 0 Å². The number of nitrogens with zero attached hydrogens (tertiary/aromatic N) is 1. The number of hydrogen-bond acceptors (Lipinski definition) is 7. The van der Waals surface area contributed by atoms with Crippen molar-refractivity contribution < 1.29 is 33.3 Å². The Labute approximate surface area is 187 Å². The third kappa shape index (κ3) is 6.18. The summed E-state index contributed by atoms with van der Waals surface area (Å²) in [5, 5.41) is 10.1. The molecule has 0 saturated carbocycles. The number of methoxy groups -OCH3 is 1. The molecular formula is C24H30FNO6. The first-order chi connectivity index (χ1) is 15.0. The van der Waals surface area contributed by atoms with E-state index < -0.39 is 29.9 Å². The second-order valence-corrected chi connectivity index (χ2v) is 8.12. The Kier molecular flexibility index (Phi) is 8.57. The molecule has 0 aliphatic rings. The quantitative estimate of drug-likeness (QED) is 0.424. The number of aryl methyl sites for hydroxylation is 1. The Morgan fingerprint density at radius 3 is 2.41 bits per heavy atom. The summed E-state index contributed by atoms with van der Waals surface area (Å²) in [6.07, 6.45) is 0.0620. The molecule has 2 aromatic rings. The third-order valence-corrected chi connectivity index (χ3v) is 5.09. The van der Waals surface area contributed by atoms with Gasteiger partial charge in [0.25, 0.3) is 0 Å². The maximum absolute atomic E-state index is 13.3. The highest BCUT2D eigenvalue weighted by atomic mass is 19.1. The monoisotopic (exact) mass is 447 g/mol. The molecule has 0 saturated heterocycles. The molecule has 0 aliphatic heterocycles. The summed E-state index contributed by atoms with van der Waals surface area (Å²) in [5.74, 6) is -1.99. The van der Waals surface area contributed by atoms with Crippen molar-refractivity contribution in [2.75, 3.05) is 7.11 Å². The molecule has 1 N–H and O–H groups in total. The van der Waals surface area contributed by atoms with Crippen LogP contribution in [0.5, 0.6) is 17.2 Å². The van der Waals surface area contributed by atoms with Gasteiger partial charge in [0, 0.05) is 18.7 Å². The molecule has 0 spiro atoms. The number of carbonyl (C=O) groups is 2. The highest BCUT2D eigenvalue weighted by Crippen LogP contribution is 2.29. The molecule has 0 fully saturated rings. The first-order valence-corrected chi connectivity index (χ1v) is 10.4. The Balaban J connectivity index is 2.06. The Bertz CT molecular complexity index is 962. The Morgan fingerprint density at radius 2 is 1.81 bits per heavy atom. The second kappa shape index (κ2) is 10.9. The number of hydrogen-bond donors (Lipinski definition) is 1. The van der Waals surface area contributed by atoms with Gasteiger partial charge in [-0.3, -0.25) is 9.59 Å². The number of rotatable bonds is 10. The fraction of sp³-hybridized carbons (Fsp3) is 0.458. The van der Waals surface area contributed by atoms with Crippen LogP contribution in [-0.4, -0.2) is 41.2 Å². The first kappa shape index (κ1) is 25.1. The fourth-order valence-electron chi connectivity index (χ4n) is 3.30. The van der Waals surface area contributed by atoms with Crippen molar-refractivity contribution in [1.82, 2.24) is 4.98 Å². The number of benzene rings is 1. The number of Topliss-reactive ketones (excluding diaryl/α,β-unsaturated/α-hetero) is 1. The van der Waals surface area contributed by atoms with Gasteiger partial charge in [-0.05, 0) is 43.5 Å². The maximum Gasteiger partial charge on any atom is 0.309 e. The zero-order chi connectivity index (χ0) is 24.0. The predicted molar refractivity (Wildman–Crippen MR) is 117 cm³/mol. The molecule has 174 valence electrons. The summed E-state index contributed by atoms with van der Waals surface area (Å²) in [7, 11) is 1.37. The summed E-state index contributed by atoms with van der Waals surface area (Å²) in [6, 6.07) is 5.64. The van der Waals surface area contributed by atoms with E-state index in [2.05, 4.69) is 4.98 Å². The summed E-state index contributed by atoms with van der Waals surface area (Å²) >= 11 is 0. The molecule has 32 heavy (non-hydrogen) atoms. The summed E-state index contributed by atoms with van der Waals surface area (Å²) in [4.78, 5) is 29.2. The lowest BCUT2D eigenvalue weighted by atomic mass is 10.00. The van der Waals surface area contributed by atoms with Crippen LogP contribution in [-0.2, 0) is 9.53 Å². The molecule has 0 bridgehead atoms. The van der Waals surface area contributed by atoms with Gasteiger partial charge < -0.3 is 19.3 Å². The van der Waals surface area contributed by atoms with Crippen LogP contribution in [0.2, 0.25) is 0 Å². The molecule has 0 unspecified atom stereocenters. The number of pyridine rings is 1. The van der Waals surface area contributed by atoms with Crippen LogP contribution in [0.3, 0.4) is 0 Å². The van der Waals surface area contributed by atoms with Gasteiger partial charge in [-0.1, -0.05) is 20.8 Å². The standard InChI is InChI=1S/C24H30FNO6/c1-13(2)23(16(5)31-19-8-7-17(25)11-14(19)3)32-24(29)15(4)12-18(27)21-22(28)20(30-6)9-10-26-21/h7-11,13,15-16,23,28H,12H2,1-6H3/t15-,16+,23+/m1/s1. The van der Waals surface area contributed by atoms with E-state index in [0.717, 1.165) is 0 Å². The highest BCUT2D eigenvalue weighted by Gasteiger charge is 2.30. The van der Waals surface area contributed by atoms with Gasteiger partial charge in [-0.25, -0.2) is 9.37 Å². The Hall–Kier alpha value is -3.16. The summed E-state index contributed by atoms with van der Waals surface area (Å²) in [6.45, 7) is 8.86. The molecule has 1 aromatic heterocycles. The summed E-state index contributed by atoms with van der Waals surface area (Å²) in [5.41, 5.74) is 0.475. The minimum absolute atomic E-state index is 0.0679. The zero-order valence-corrected chi connectivity index (χ0v) is 19.2. The van der Waals surface area contributed by atoms with E-state index in [0.29, 0.717) is 11.3 Å². The average Bonchev–Trinajstić information content (AvgIpc) is 2.73. The minimum atomic E-state index is -0.768. The molecule has 0 amide bonds. The van der Waals surface area contributed by atoms with E-state index in [1.807, 2.05) is 13.8 Å². The van der Waals surface area contributed by atoms with Crippen molar-refractivity contribution >= 4 is 11.8 Å². The van der Waals surface area contributed by atoms with Crippen molar-refractivity contribution in [1.29, 1.82) is 0 Å². The number of aromatic hydroxyl groups is 1. The van der Waals surface area contributed by atoms with Gasteiger partial charge >= 0.3 is 5.97 Å². The number of aromatic nitrogens is 1. The molecular weight excluding hydrogens is 417 g/mol. The second-order valence-electron chi connectivity index (χ2n) is 8.12. The van der Waals surface area contributed by atoms with Gasteiger partial charge in [0.15, 0.2) is 23.0 Å². The molecule has 7 nitrogen and oxygen atoms in total. The fourth-order valence-corrected chi connectivity index (χ4v) is 3.30. The van der Waals surface area contributed by atoms with Crippen molar-refractivity contribution in [3.8, 4) is 17.2 Å². The Morgan fingerprint density at radius 1 is 1.12 bits per heavy atom. The predicted octanol–water partition coefficient (Wildman–Crippen LogP) is 4.49. The van der Waals surface area contributed by atoms with E-state index in [1.165, 1.54) is 37.6 Å². The average molecular weight is 448 g/mol. The highest BCUT2D eigenvalue weighted by molar-refractivity contribution is 5.99. The van der Waals surface area contributed by atoms with Gasteiger partial charge in [0.1, 0.15) is 23.8 Å². The van der Waals surface area contributed by atoms with Gasteiger partial charge in [-0.2, -0.15) is 0 Å². The van der Waals surface area contributed by atoms with E-state index in [9.17, 15) is 19.1 Å². The normalized spacial score (nSPS) is 13.9. The zero-order valence-electron chi connectivity index (χ0n) is 19.2. The lowest BCUT2D eigenvalue weighted by Crippen LogP contribution is -2.39. The van der Waals surface area contributed by atoms with Crippen molar-refractivity contribution in [3.05, 3.63) is 47.5 Å². The minimum Gasteiger partial charge on any atom is -0.503 e. The van der Waals surface area contributed by atoms with E-state index in [-0.39, 0.29) is 35.3 Å². The topological polar surface area (TPSA) is 95.0 Å². The molecule has 0 radical (unpaired) electrons. The molecule has 0 aliphatic carbocycles. The van der Waals surface area contributed by atoms with Crippen molar-refractivity contribution in [2.45, 2.75) is 53.2 Å². The number of ketones is 1. The molecule has 1 heterocycles. The van der Waals surface area contributed by atoms with Crippen LogP contribution >= 0.6 is 0 Å². The van der Waals surface area contributed by atoms with Gasteiger partial charge in [-0.15, -0.1) is 0 Å². The van der Waals surface area contributed by atoms with Crippen LogP contribution in [0.4, 0.5) is 4.39 Å². The van der Waals surface area contributed by atoms with Crippen molar-refractivity contribution in [2.24, 2.45) is 11.8 Å². The van der Waals surface area contributed by atoms with Gasteiger partial charge in [0.2, 0.25) is 0 Å². The van der Waals surface area contributed by atoms with Gasteiger partial charge in [0.05, 0.1) is 13.0 Å². The number of ether oxygens (including phenoxy) is 3. The number of esters is 1. The summed E-state index contributed by atoms with van der Waals surface area (Å²) < 4.78 is 29.9. The van der Waals surface area contributed by atoms with Crippen LogP contribution in [0.15, 0.2) is 30.5 Å². The van der Waals surface area contributed by atoms with Crippen LogP contribution in [0.25, 0.3) is 0 Å². The molecule has 8 heteroatoms. The third-order valence-electron chi connectivity index (χ3n) is 5.09. The maximum atomic E-state index is 13.3. The number of carbonyl (C=O) groups excluding carboxylic acids is 2. The lowest BCUT2D eigenvalue weighted by molar-refractivity contribution is -0.161. The largest absolute Gasteiger partial charge is 0.503 e. The smallest absolute Gasteiger partial charge is 0.309 e.